The van der Waals surface area contributed by atoms with E-state index in [0.29, 0.717) is 5.88 Å². The minimum Gasteiger partial charge on any atom is -0.335 e. The standard InChI is InChI=1S/C11H21ClN4/c1-2-7-16-8-6-14-11(16)9-10(15-13)4-3-5-12/h6,8,10,15H,2-5,7,9,13H2,1H3. The molecule has 1 aromatic rings. The molecule has 1 aromatic heterocycles. The van der Waals surface area contributed by atoms with Crippen LogP contribution in [0.25, 0.3) is 0 Å². The van der Waals surface area contributed by atoms with E-state index in [4.69, 9.17) is 17.4 Å². The maximum absolute atomic E-state index is 5.68. The lowest BCUT2D eigenvalue weighted by molar-refractivity contribution is 0.466. The number of nitrogens with two attached hydrogens (primary N) is 1. The van der Waals surface area contributed by atoms with Gasteiger partial charge in [0.25, 0.3) is 0 Å². The normalized spacial score (nSPS) is 12.9. The van der Waals surface area contributed by atoms with Crippen molar-refractivity contribution < 1.29 is 0 Å². The van der Waals surface area contributed by atoms with Gasteiger partial charge in [-0.15, -0.1) is 11.6 Å². The van der Waals surface area contributed by atoms with Gasteiger partial charge >= 0.3 is 0 Å². The first kappa shape index (κ1) is 13.5. The van der Waals surface area contributed by atoms with Gasteiger partial charge in [-0.25, -0.2) is 4.98 Å². The molecular formula is C11H21ClN4. The number of imidazole rings is 1. The molecular weight excluding hydrogens is 224 g/mol. The zero-order valence-electron chi connectivity index (χ0n) is 9.82. The van der Waals surface area contributed by atoms with Gasteiger partial charge in [0.1, 0.15) is 5.82 Å². The number of nitrogens with one attached hydrogen (secondary N) is 1. The molecule has 0 spiro atoms. The largest absolute Gasteiger partial charge is 0.335 e. The molecule has 0 aliphatic carbocycles. The van der Waals surface area contributed by atoms with Crippen molar-refractivity contribution >= 4 is 11.6 Å². The highest BCUT2D eigenvalue weighted by atomic mass is 35.5. The highest BCUT2D eigenvalue weighted by molar-refractivity contribution is 6.17. The van der Waals surface area contributed by atoms with E-state index in [1.807, 2.05) is 12.4 Å². The fraction of sp³-hybridized carbons (Fsp3) is 0.727. The maximum Gasteiger partial charge on any atom is 0.110 e. The fourth-order valence-corrected chi connectivity index (χ4v) is 1.92. The molecule has 3 N–H and O–H groups in total. The molecule has 0 radical (unpaired) electrons. The van der Waals surface area contributed by atoms with E-state index in [2.05, 4.69) is 21.9 Å². The smallest absolute Gasteiger partial charge is 0.110 e. The lowest BCUT2D eigenvalue weighted by Crippen LogP contribution is -2.37. The summed E-state index contributed by atoms with van der Waals surface area (Å²) in [6.45, 7) is 3.18. The molecule has 1 atom stereocenters. The molecule has 16 heavy (non-hydrogen) atoms. The average Bonchev–Trinajstić information content (AvgIpc) is 2.72. The first-order chi connectivity index (χ1) is 7.81. The monoisotopic (exact) mass is 244 g/mol. The number of alkyl halides is 1. The summed E-state index contributed by atoms with van der Waals surface area (Å²) in [5.74, 6) is 7.30. The molecule has 0 bridgehead atoms. The SMILES string of the molecule is CCCn1ccnc1CC(CCCCl)NN. The van der Waals surface area contributed by atoms with Gasteiger partial charge in [-0.05, 0) is 19.3 Å². The molecule has 1 rings (SSSR count). The molecule has 0 saturated carbocycles. The molecule has 0 aliphatic heterocycles. The second-order valence-corrected chi connectivity index (χ2v) is 4.31. The molecule has 0 fully saturated rings. The second kappa shape index (κ2) is 7.65. The number of aromatic nitrogens is 2. The van der Waals surface area contributed by atoms with E-state index in [9.17, 15) is 0 Å². The summed E-state index contributed by atoms with van der Waals surface area (Å²) in [7, 11) is 0. The van der Waals surface area contributed by atoms with Gasteiger partial charge in [0, 0.05) is 37.3 Å². The van der Waals surface area contributed by atoms with Gasteiger partial charge in [0.15, 0.2) is 0 Å². The van der Waals surface area contributed by atoms with E-state index in [1.54, 1.807) is 0 Å². The van der Waals surface area contributed by atoms with Gasteiger partial charge in [0.05, 0.1) is 0 Å². The molecule has 0 saturated heterocycles. The van der Waals surface area contributed by atoms with Crippen LogP contribution in [0.4, 0.5) is 0 Å². The quantitative estimate of drug-likeness (QED) is 0.416. The summed E-state index contributed by atoms with van der Waals surface area (Å²) in [4.78, 5) is 4.37. The Balaban J connectivity index is 2.51. The van der Waals surface area contributed by atoms with Crippen LogP contribution in [0, 0.1) is 0 Å². The topological polar surface area (TPSA) is 55.9 Å². The van der Waals surface area contributed by atoms with E-state index in [0.717, 1.165) is 38.1 Å². The van der Waals surface area contributed by atoms with Crippen LogP contribution >= 0.6 is 11.6 Å². The Morgan fingerprint density at radius 1 is 1.62 bits per heavy atom. The third-order valence-electron chi connectivity index (χ3n) is 2.62. The Bertz CT molecular complexity index is 287. The Morgan fingerprint density at radius 3 is 3.06 bits per heavy atom. The zero-order valence-corrected chi connectivity index (χ0v) is 10.6. The molecule has 0 amide bonds. The minimum atomic E-state index is 0.261. The highest BCUT2D eigenvalue weighted by Crippen LogP contribution is 2.07. The van der Waals surface area contributed by atoms with Crippen molar-refractivity contribution in [2.75, 3.05) is 5.88 Å². The summed E-state index contributed by atoms with van der Waals surface area (Å²) < 4.78 is 2.19. The average molecular weight is 245 g/mol. The number of hydrogen-bond acceptors (Lipinski definition) is 3. The number of hydrazine groups is 1. The van der Waals surface area contributed by atoms with Crippen LogP contribution in [-0.4, -0.2) is 21.5 Å². The van der Waals surface area contributed by atoms with Crippen molar-refractivity contribution in [3.63, 3.8) is 0 Å². The Morgan fingerprint density at radius 2 is 2.44 bits per heavy atom. The highest BCUT2D eigenvalue weighted by Gasteiger charge is 2.11. The number of hydrogen-bond donors (Lipinski definition) is 2. The number of nitrogens with zero attached hydrogens (tertiary/aromatic N) is 2. The molecule has 92 valence electrons. The summed E-state index contributed by atoms with van der Waals surface area (Å²) in [6, 6.07) is 0.261. The molecule has 1 unspecified atom stereocenters. The molecule has 4 nitrogen and oxygen atoms in total. The van der Waals surface area contributed by atoms with Crippen molar-refractivity contribution in [3.8, 4) is 0 Å². The van der Waals surface area contributed by atoms with Gasteiger partial charge in [-0.2, -0.15) is 0 Å². The molecule has 1 heterocycles. The summed E-state index contributed by atoms with van der Waals surface area (Å²) in [5, 5.41) is 0. The number of rotatable bonds is 8. The third-order valence-corrected chi connectivity index (χ3v) is 2.88. The Hall–Kier alpha value is -0.580. The Kier molecular flexibility index (Phi) is 6.45. The fourth-order valence-electron chi connectivity index (χ4n) is 1.76. The van der Waals surface area contributed by atoms with Crippen LogP contribution in [0.1, 0.15) is 32.0 Å². The van der Waals surface area contributed by atoms with Gasteiger partial charge in [-0.3, -0.25) is 11.3 Å². The van der Waals surface area contributed by atoms with Gasteiger partial charge < -0.3 is 4.57 Å². The maximum atomic E-state index is 5.68. The third kappa shape index (κ3) is 4.12. The number of aryl methyl sites for hydroxylation is 1. The van der Waals surface area contributed by atoms with Crippen LogP contribution < -0.4 is 11.3 Å². The van der Waals surface area contributed by atoms with E-state index < -0.39 is 0 Å². The second-order valence-electron chi connectivity index (χ2n) is 3.94. The van der Waals surface area contributed by atoms with Crippen molar-refractivity contribution in [1.29, 1.82) is 0 Å². The first-order valence-corrected chi connectivity index (χ1v) is 6.37. The minimum absolute atomic E-state index is 0.261. The van der Waals surface area contributed by atoms with Crippen LogP contribution in [0.3, 0.4) is 0 Å². The van der Waals surface area contributed by atoms with Gasteiger partial charge in [0.2, 0.25) is 0 Å². The predicted octanol–water partition coefficient (Wildman–Crippen LogP) is 1.69. The summed E-state index contributed by atoms with van der Waals surface area (Å²) >= 11 is 5.68. The molecule has 5 heteroatoms. The van der Waals surface area contributed by atoms with Crippen molar-refractivity contribution in [1.82, 2.24) is 15.0 Å². The van der Waals surface area contributed by atoms with E-state index in [1.165, 1.54) is 0 Å². The Labute approximate surface area is 102 Å². The van der Waals surface area contributed by atoms with E-state index >= 15 is 0 Å². The van der Waals surface area contributed by atoms with Crippen LogP contribution in [-0.2, 0) is 13.0 Å². The van der Waals surface area contributed by atoms with E-state index in [-0.39, 0.29) is 6.04 Å². The van der Waals surface area contributed by atoms with Crippen LogP contribution in [0.2, 0.25) is 0 Å². The zero-order chi connectivity index (χ0) is 11.8. The lowest BCUT2D eigenvalue weighted by atomic mass is 10.1. The molecule has 0 aromatic carbocycles. The van der Waals surface area contributed by atoms with Gasteiger partial charge in [-0.1, -0.05) is 6.92 Å². The summed E-state index contributed by atoms with van der Waals surface area (Å²) in [6.07, 6.45) is 7.81. The number of halogens is 1. The van der Waals surface area contributed by atoms with Crippen molar-refractivity contribution in [2.24, 2.45) is 5.84 Å². The van der Waals surface area contributed by atoms with Crippen LogP contribution in [0.5, 0.6) is 0 Å². The molecule has 0 aliphatic rings. The lowest BCUT2D eigenvalue weighted by Gasteiger charge is -2.15. The first-order valence-electron chi connectivity index (χ1n) is 5.83. The predicted molar refractivity (Wildman–Crippen MR) is 67.3 cm³/mol. The van der Waals surface area contributed by atoms with Crippen LogP contribution in [0.15, 0.2) is 12.4 Å². The van der Waals surface area contributed by atoms with Crippen molar-refractivity contribution in [2.45, 2.75) is 45.2 Å². The van der Waals surface area contributed by atoms with Crippen molar-refractivity contribution in [3.05, 3.63) is 18.2 Å². The summed E-state index contributed by atoms with van der Waals surface area (Å²) in [5.41, 5.74) is 2.83.